The normalized spacial score (nSPS) is 13.8. The molecule has 0 spiro atoms. The van der Waals surface area contributed by atoms with Crippen molar-refractivity contribution in [2.75, 3.05) is 32.8 Å². The van der Waals surface area contributed by atoms with E-state index in [-0.39, 0.29) is 17.4 Å². The summed E-state index contributed by atoms with van der Waals surface area (Å²) >= 11 is 0. The molecule has 0 bridgehead atoms. The molecule has 3 heterocycles. The number of hydrogen-bond acceptors (Lipinski definition) is 6. The summed E-state index contributed by atoms with van der Waals surface area (Å²) in [7, 11) is 0. The summed E-state index contributed by atoms with van der Waals surface area (Å²) in [6.07, 6.45) is 2.07. The Hall–Kier alpha value is -5.09. The highest BCUT2D eigenvalue weighted by molar-refractivity contribution is 5.95. The second kappa shape index (κ2) is 12.0. The Morgan fingerprint density at radius 3 is 2.42 bits per heavy atom. The summed E-state index contributed by atoms with van der Waals surface area (Å²) in [4.78, 5) is 32.7. The van der Waals surface area contributed by atoms with E-state index >= 15 is 0 Å². The third kappa shape index (κ3) is 5.96. The van der Waals surface area contributed by atoms with Gasteiger partial charge in [-0.15, -0.1) is 0 Å². The quantitative estimate of drug-likeness (QED) is 0.164. The molecular formula is C33H30FN5O4. The minimum Gasteiger partial charge on any atom is -0.494 e. The number of nitrogens with zero attached hydrogens (tertiary/aromatic N) is 5. The van der Waals surface area contributed by atoms with Crippen LogP contribution < -0.4 is 4.74 Å². The number of imidazole rings is 1. The summed E-state index contributed by atoms with van der Waals surface area (Å²) in [6, 6.07) is 24.2. The van der Waals surface area contributed by atoms with Gasteiger partial charge in [-0.1, -0.05) is 18.2 Å². The van der Waals surface area contributed by atoms with Gasteiger partial charge in [0.05, 0.1) is 22.9 Å². The van der Waals surface area contributed by atoms with Crippen molar-refractivity contribution >= 4 is 17.2 Å². The Morgan fingerprint density at radius 1 is 0.930 bits per heavy atom. The maximum atomic E-state index is 13.8. The molecule has 43 heavy (non-hydrogen) atoms. The number of halogens is 1. The van der Waals surface area contributed by atoms with Crippen molar-refractivity contribution in [2.24, 2.45) is 0 Å². The highest BCUT2D eigenvalue weighted by atomic mass is 19.1. The van der Waals surface area contributed by atoms with E-state index in [9.17, 15) is 19.3 Å². The zero-order chi connectivity index (χ0) is 29.9. The Balaban J connectivity index is 1.28. The average molecular weight is 580 g/mol. The van der Waals surface area contributed by atoms with Gasteiger partial charge in [0.2, 0.25) is 0 Å². The SMILES string of the molecule is CCOc1cccc(-c2ccc3nc(-c4ccc(F)cc4)c(CN4CCN(C(=O)c5cccc([N+](=O)[O-])c5)CC4)n3c2)c1. The Bertz CT molecular complexity index is 1800. The Kier molecular flexibility index (Phi) is 7.84. The lowest BCUT2D eigenvalue weighted by molar-refractivity contribution is -0.384. The molecule has 0 N–H and O–H groups in total. The second-order valence-corrected chi connectivity index (χ2v) is 10.4. The maximum Gasteiger partial charge on any atom is 0.270 e. The molecule has 0 radical (unpaired) electrons. The molecule has 2 aromatic heterocycles. The molecule has 5 aromatic rings. The molecule has 1 fully saturated rings. The number of rotatable bonds is 8. The first-order valence-corrected chi connectivity index (χ1v) is 14.2. The molecule has 0 atom stereocenters. The van der Waals surface area contributed by atoms with Gasteiger partial charge in [0.1, 0.15) is 17.2 Å². The van der Waals surface area contributed by atoms with E-state index in [1.807, 2.05) is 43.3 Å². The van der Waals surface area contributed by atoms with Gasteiger partial charge in [-0.25, -0.2) is 9.37 Å². The van der Waals surface area contributed by atoms with Crippen LogP contribution in [0.3, 0.4) is 0 Å². The lowest BCUT2D eigenvalue weighted by Crippen LogP contribution is -2.48. The van der Waals surface area contributed by atoms with E-state index in [1.54, 1.807) is 23.1 Å². The number of pyridine rings is 1. The number of carbonyl (C=O) groups is 1. The highest BCUT2D eigenvalue weighted by Gasteiger charge is 2.25. The molecule has 1 saturated heterocycles. The lowest BCUT2D eigenvalue weighted by Gasteiger charge is -2.34. The van der Waals surface area contributed by atoms with E-state index in [1.165, 1.54) is 30.3 Å². The van der Waals surface area contributed by atoms with E-state index in [0.717, 1.165) is 39.5 Å². The fourth-order valence-electron chi connectivity index (χ4n) is 5.44. The molecule has 1 aliphatic heterocycles. The Morgan fingerprint density at radius 2 is 1.67 bits per heavy atom. The number of nitro groups is 1. The van der Waals surface area contributed by atoms with Gasteiger partial charge >= 0.3 is 0 Å². The maximum absolute atomic E-state index is 13.8. The van der Waals surface area contributed by atoms with Crippen LogP contribution in [0.5, 0.6) is 5.75 Å². The van der Waals surface area contributed by atoms with Crippen LogP contribution in [-0.2, 0) is 6.54 Å². The standard InChI is InChI=1S/C33H30FN5O4/c1-2-43-29-8-4-5-24(20-29)26-11-14-31-35-32(23-9-12-27(34)13-10-23)30(38(31)21-26)22-36-15-17-37(18-16-36)33(40)25-6-3-7-28(19-25)39(41)42/h3-14,19-21H,2,15-18,22H2,1H3. The van der Waals surface area contributed by atoms with E-state index in [4.69, 9.17) is 9.72 Å². The number of hydrogen-bond donors (Lipinski definition) is 0. The fourth-order valence-corrected chi connectivity index (χ4v) is 5.44. The largest absolute Gasteiger partial charge is 0.494 e. The van der Waals surface area contributed by atoms with Crippen molar-refractivity contribution in [3.8, 4) is 28.1 Å². The first-order valence-electron chi connectivity index (χ1n) is 14.2. The van der Waals surface area contributed by atoms with Crippen LogP contribution >= 0.6 is 0 Å². The molecule has 6 rings (SSSR count). The van der Waals surface area contributed by atoms with Crippen LogP contribution in [0.25, 0.3) is 28.0 Å². The minimum absolute atomic E-state index is 0.102. The first-order chi connectivity index (χ1) is 20.9. The van der Waals surface area contributed by atoms with Crippen molar-refractivity contribution in [2.45, 2.75) is 13.5 Å². The molecule has 0 aliphatic carbocycles. The first kappa shape index (κ1) is 28.0. The molecule has 0 saturated carbocycles. The van der Waals surface area contributed by atoms with Gasteiger partial charge in [-0.2, -0.15) is 0 Å². The monoisotopic (exact) mass is 579 g/mol. The van der Waals surface area contributed by atoms with Crippen molar-refractivity contribution in [1.82, 2.24) is 19.2 Å². The number of nitro benzene ring substituents is 1. The molecule has 218 valence electrons. The molecule has 1 amide bonds. The summed E-state index contributed by atoms with van der Waals surface area (Å²) in [5.41, 5.74) is 5.56. The number of fused-ring (bicyclic) bond motifs is 1. The summed E-state index contributed by atoms with van der Waals surface area (Å²) in [6.45, 7) is 5.31. The molecule has 10 heteroatoms. The van der Waals surface area contributed by atoms with Crippen LogP contribution in [0.4, 0.5) is 10.1 Å². The summed E-state index contributed by atoms with van der Waals surface area (Å²) in [5, 5.41) is 11.2. The number of non-ortho nitro benzene ring substituents is 1. The minimum atomic E-state index is -0.496. The number of carbonyl (C=O) groups excluding carboxylic acids is 1. The number of aromatic nitrogens is 2. The average Bonchev–Trinajstić information content (AvgIpc) is 3.39. The number of benzene rings is 3. The second-order valence-electron chi connectivity index (χ2n) is 10.4. The van der Waals surface area contributed by atoms with Gasteiger partial charge in [0.25, 0.3) is 11.6 Å². The van der Waals surface area contributed by atoms with E-state index in [2.05, 4.69) is 15.5 Å². The van der Waals surface area contributed by atoms with Gasteiger partial charge in [0.15, 0.2) is 0 Å². The number of piperazine rings is 1. The molecule has 3 aromatic carbocycles. The predicted octanol–water partition coefficient (Wildman–Crippen LogP) is 6.07. The highest BCUT2D eigenvalue weighted by Crippen LogP contribution is 2.30. The van der Waals surface area contributed by atoms with Crippen molar-refractivity contribution in [3.63, 3.8) is 0 Å². The third-order valence-corrected chi connectivity index (χ3v) is 7.65. The molecule has 0 unspecified atom stereocenters. The number of ether oxygens (including phenoxy) is 1. The summed E-state index contributed by atoms with van der Waals surface area (Å²) < 4.78 is 21.6. The van der Waals surface area contributed by atoms with Crippen LogP contribution in [-0.4, -0.2) is 62.8 Å². The molecule has 9 nitrogen and oxygen atoms in total. The van der Waals surface area contributed by atoms with E-state index < -0.39 is 4.92 Å². The summed E-state index contributed by atoms with van der Waals surface area (Å²) in [5.74, 6) is 0.273. The van der Waals surface area contributed by atoms with Gasteiger partial charge in [0, 0.05) is 62.2 Å². The third-order valence-electron chi connectivity index (χ3n) is 7.65. The van der Waals surface area contributed by atoms with Crippen LogP contribution in [0.1, 0.15) is 23.0 Å². The van der Waals surface area contributed by atoms with Crippen LogP contribution in [0.2, 0.25) is 0 Å². The fraction of sp³-hybridized carbons (Fsp3) is 0.212. The molecular weight excluding hydrogens is 549 g/mol. The zero-order valence-electron chi connectivity index (χ0n) is 23.6. The van der Waals surface area contributed by atoms with Crippen molar-refractivity contribution in [3.05, 3.63) is 118 Å². The number of amides is 1. The van der Waals surface area contributed by atoms with Crippen LogP contribution in [0, 0.1) is 15.9 Å². The van der Waals surface area contributed by atoms with Gasteiger partial charge < -0.3 is 14.0 Å². The molecule has 1 aliphatic rings. The van der Waals surface area contributed by atoms with Crippen molar-refractivity contribution < 1.29 is 18.8 Å². The van der Waals surface area contributed by atoms with Gasteiger partial charge in [-0.3, -0.25) is 19.8 Å². The lowest BCUT2D eigenvalue weighted by atomic mass is 10.1. The zero-order valence-corrected chi connectivity index (χ0v) is 23.6. The topological polar surface area (TPSA) is 93.2 Å². The van der Waals surface area contributed by atoms with Gasteiger partial charge in [-0.05, 0) is 72.6 Å². The smallest absolute Gasteiger partial charge is 0.270 e. The predicted molar refractivity (Wildman–Crippen MR) is 161 cm³/mol. The van der Waals surface area contributed by atoms with Crippen molar-refractivity contribution in [1.29, 1.82) is 0 Å². The van der Waals surface area contributed by atoms with Crippen LogP contribution in [0.15, 0.2) is 91.1 Å². The van der Waals surface area contributed by atoms with E-state index in [0.29, 0.717) is 44.9 Å². The Labute approximate surface area is 247 Å².